The summed E-state index contributed by atoms with van der Waals surface area (Å²) in [6.45, 7) is 15.1. The molecule has 4 atom stereocenters. The van der Waals surface area contributed by atoms with E-state index in [2.05, 4.69) is 51.5 Å². The Kier molecular flexibility index (Phi) is 13.6. The normalized spacial score (nSPS) is 24.8. The Balaban J connectivity index is 0.000000214. The Hall–Kier alpha value is -5.24. The van der Waals surface area contributed by atoms with Gasteiger partial charge in [-0.25, -0.2) is 0 Å². The van der Waals surface area contributed by atoms with E-state index < -0.39 is 0 Å². The van der Waals surface area contributed by atoms with E-state index in [9.17, 15) is 20.4 Å². The number of phenols is 4. The first kappa shape index (κ1) is 41.9. The highest BCUT2D eigenvalue weighted by Gasteiger charge is 2.42. The maximum atomic E-state index is 9.96. The Morgan fingerprint density at radius 1 is 0.446 bits per heavy atom. The molecule has 8 nitrogen and oxygen atoms in total. The van der Waals surface area contributed by atoms with Gasteiger partial charge in [0.05, 0.1) is 12.1 Å². The number of aliphatic imine (C=N–C) groups is 4. The lowest BCUT2D eigenvalue weighted by Gasteiger charge is -2.45. The van der Waals surface area contributed by atoms with Crippen molar-refractivity contribution in [1.29, 1.82) is 0 Å². The second-order valence-corrected chi connectivity index (χ2v) is 18.2. The molecular formula is C48H60N4O4. The minimum absolute atomic E-state index is 0.0450. The monoisotopic (exact) mass is 756 g/mol. The summed E-state index contributed by atoms with van der Waals surface area (Å²) in [6.07, 6.45) is 13.3. The van der Waals surface area contributed by atoms with Gasteiger partial charge in [-0.3, -0.25) is 20.0 Å². The molecule has 4 aromatic rings. The molecule has 296 valence electrons. The number of hydrogen-bond donors (Lipinski definition) is 4. The first-order valence-electron chi connectivity index (χ1n) is 19.7. The zero-order chi connectivity index (χ0) is 40.4. The Morgan fingerprint density at radius 2 is 0.732 bits per heavy atom. The summed E-state index contributed by atoms with van der Waals surface area (Å²) in [4.78, 5) is 18.9. The van der Waals surface area contributed by atoms with Crippen LogP contribution >= 0.6 is 0 Å². The fourth-order valence-corrected chi connectivity index (χ4v) is 9.10. The Labute approximate surface area is 333 Å². The predicted octanol–water partition coefficient (Wildman–Crippen LogP) is 10.4. The van der Waals surface area contributed by atoms with E-state index in [1.54, 1.807) is 49.1 Å². The summed E-state index contributed by atoms with van der Waals surface area (Å²) >= 11 is 0. The summed E-state index contributed by atoms with van der Waals surface area (Å²) in [5.41, 5.74) is 3.45. The van der Waals surface area contributed by atoms with Gasteiger partial charge in [0, 0.05) is 60.2 Å². The summed E-state index contributed by atoms with van der Waals surface area (Å²) < 4.78 is 0. The van der Waals surface area contributed by atoms with Crippen molar-refractivity contribution in [2.24, 2.45) is 41.6 Å². The molecule has 2 aliphatic carbocycles. The van der Waals surface area contributed by atoms with Crippen LogP contribution in [0, 0.1) is 21.7 Å². The lowest BCUT2D eigenvalue weighted by Crippen LogP contribution is -2.39. The quantitative estimate of drug-likeness (QED) is 0.120. The van der Waals surface area contributed by atoms with Gasteiger partial charge in [0.1, 0.15) is 23.0 Å². The van der Waals surface area contributed by atoms with Crippen molar-refractivity contribution >= 4 is 24.9 Å². The van der Waals surface area contributed by atoms with Crippen LogP contribution in [-0.2, 0) is 0 Å². The third-order valence-corrected chi connectivity index (χ3v) is 10.8. The van der Waals surface area contributed by atoms with Gasteiger partial charge < -0.3 is 20.4 Å². The van der Waals surface area contributed by atoms with Gasteiger partial charge in [0.2, 0.25) is 0 Å². The Morgan fingerprint density at radius 3 is 1.04 bits per heavy atom. The number of nitrogens with zero attached hydrogens (tertiary/aromatic N) is 4. The van der Waals surface area contributed by atoms with Gasteiger partial charge in [-0.1, -0.05) is 90.1 Å². The van der Waals surface area contributed by atoms with Crippen LogP contribution in [0.3, 0.4) is 0 Å². The summed E-state index contributed by atoms with van der Waals surface area (Å²) in [5.74, 6) is 1.03. The lowest BCUT2D eigenvalue weighted by molar-refractivity contribution is 0.0914. The molecule has 56 heavy (non-hydrogen) atoms. The van der Waals surface area contributed by atoms with E-state index in [0.717, 1.165) is 60.8 Å². The smallest absolute Gasteiger partial charge is 0.124 e. The number of aromatic hydroxyl groups is 4. The van der Waals surface area contributed by atoms with Crippen LogP contribution in [0.15, 0.2) is 117 Å². The van der Waals surface area contributed by atoms with E-state index in [0.29, 0.717) is 13.1 Å². The van der Waals surface area contributed by atoms with Crippen LogP contribution in [-0.4, -0.2) is 70.5 Å². The zero-order valence-corrected chi connectivity index (χ0v) is 33.9. The molecule has 6 rings (SSSR count). The summed E-state index contributed by atoms with van der Waals surface area (Å²) in [5, 5.41) is 39.7. The highest BCUT2D eigenvalue weighted by molar-refractivity contribution is 5.85. The first-order valence-corrected chi connectivity index (χ1v) is 19.7. The van der Waals surface area contributed by atoms with Gasteiger partial charge in [-0.2, -0.15) is 0 Å². The fourth-order valence-electron chi connectivity index (χ4n) is 9.10. The molecule has 0 bridgehead atoms. The van der Waals surface area contributed by atoms with Crippen molar-refractivity contribution in [3.05, 3.63) is 119 Å². The largest absolute Gasteiger partial charge is 0.507 e. The fraction of sp³-hybridized carbons (Fsp3) is 0.417. The third-order valence-electron chi connectivity index (χ3n) is 10.8. The van der Waals surface area contributed by atoms with Crippen LogP contribution in [0.4, 0.5) is 0 Å². The van der Waals surface area contributed by atoms with Crippen LogP contribution in [0.5, 0.6) is 23.0 Å². The van der Waals surface area contributed by atoms with Crippen molar-refractivity contribution in [3.63, 3.8) is 0 Å². The zero-order valence-electron chi connectivity index (χ0n) is 33.9. The molecule has 0 aliphatic heterocycles. The standard InChI is InChI=1S/2C24H30N2O2/c2*1-23(2)12-20(26-15-19-9-5-7-11-22(19)28)13-24(3,16-23)17-25-14-18-8-4-6-10-21(18)27/h2*4-11,14-15,20,27-28H,12-13,16-17H2,1-3H3/t2*20-,24-/m11/s1. The van der Waals surface area contributed by atoms with Crippen LogP contribution in [0.1, 0.15) is 102 Å². The summed E-state index contributed by atoms with van der Waals surface area (Å²) in [6, 6.07) is 29.5. The van der Waals surface area contributed by atoms with Crippen molar-refractivity contribution in [3.8, 4) is 23.0 Å². The van der Waals surface area contributed by atoms with E-state index in [-0.39, 0.29) is 56.7 Å². The number of rotatable bonds is 10. The molecular weight excluding hydrogens is 697 g/mol. The van der Waals surface area contributed by atoms with Crippen LogP contribution in [0.25, 0.3) is 0 Å². The van der Waals surface area contributed by atoms with Gasteiger partial charge >= 0.3 is 0 Å². The number of hydrogen-bond acceptors (Lipinski definition) is 8. The predicted molar refractivity (Wildman–Crippen MR) is 232 cm³/mol. The van der Waals surface area contributed by atoms with E-state index in [1.807, 2.05) is 72.8 Å². The van der Waals surface area contributed by atoms with E-state index >= 15 is 0 Å². The van der Waals surface area contributed by atoms with Crippen molar-refractivity contribution < 1.29 is 20.4 Å². The maximum absolute atomic E-state index is 9.96. The molecule has 0 spiro atoms. The highest BCUT2D eigenvalue weighted by atomic mass is 16.3. The van der Waals surface area contributed by atoms with Crippen molar-refractivity contribution in [1.82, 2.24) is 0 Å². The topological polar surface area (TPSA) is 130 Å². The number of benzene rings is 4. The molecule has 2 fully saturated rings. The van der Waals surface area contributed by atoms with Crippen LogP contribution < -0.4 is 0 Å². The highest BCUT2D eigenvalue weighted by Crippen LogP contribution is 2.48. The number of para-hydroxylation sites is 4. The molecule has 0 radical (unpaired) electrons. The third kappa shape index (κ3) is 12.4. The molecule has 0 heterocycles. The molecule has 0 unspecified atom stereocenters. The van der Waals surface area contributed by atoms with Crippen molar-refractivity contribution in [2.75, 3.05) is 13.1 Å². The second kappa shape index (κ2) is 18.1. The van der Waals surface area contributed by atoms with Gasteiger partial charge in [0.15, 0.2) is 0 Å². The average Bonchev–Trinajstić information content (AvgIpc) is 3.11. The molecule has 0 aromatic heterocycles. The maximum Gasteiger partial charge on any atom is 0.124 e. The molecule has 2 aliphatic rings. The van der Waals surface area contributed by atoms with Gasteiger partial charge in [-0.15, -0.1) is 0 Å². The van der Waals surface area contributed by atoms with E-state index in [4.69, 9.17) is 9.98 Å². The molecule has 0 saturated heterocycles. The average molecular weight is 757 g/mol. The van der Waals surface area contributed by atoms with E-state index in [1.165, 1.54) is 0 Å². The van der Waals surface area contributed by atoms with Crippen LogP contribution in [0.2, 0.25) is 0 Å². The molecule has 4 N–H and O–H groups in total. The molecule has 8 heteroatoms. The van der Waals surface area contributed by atoms with Crippen molar-refractivity contribution in [2.45, 2.75) is 92.2 Å². The van der Waals surface area contributed by atoms with Gasteiger partial charge in [-0.05, 0) is 109 Å². The number of phenolic OH excluding ortho intramolecular Hbond substituents is 4. The Bertz CT molecular complexity index is 1890. The second-order valence-electron chi connectivity index (χ2n) is 18.2. The molecule has 0 amide bonds. The minimum atomic E-state index is 0.0450. The first-order chi connectivity index (χ1) is 26.5. The van der Waals surface area contributed by atoms with Gasteiger partial charge in [0.25, 0.3) is 0 Å². The molecule has 4 aromatic carbocycles. The lowest BCUT2D eigenvalue weighted by atomic mass is 9.63. The molecule has 2 saturated carbocycles. The minimum Gasteiger partial charge on any atom is -0.507 e. The summed E-state index contributed by atoms with van der Waals surface area (Å²) in [7, 11) is 0. The SMILES string of the molecule is CC1(C)C[C@@H](N=Cc2ccccc2O)C[C@@](C)(CN=Cc2ccccc2O)C1.CC1(C)C[C@@H](N=Cc2ccccc2O)C[C@@](C)(CN=Cc2ccccc2O)C1.